The Morgan fingerprint density at radius 3 is 3.06 bits per heavy atom. The first-order valence-corrected chi connectivity index (χ1v) is 6.35. The van der Waals surface area contributed by atoms with Crippen molar-refractivity contribution >= 4 is 5.97 Å². The molecule has 2 unspecified atom stereocenters. The van der Waals surface area contributed by atoms with Gasteiger partial charge >= 0.3 is 5.97 Å². The van der Waals surface area contributed by atoms with E-state index < -0.39 is 5.97 Å². The molecule has 1 aliphatic heterocycles. The molecule has 5 heteroatoms. The predicted octanol–water partition coefficient (Wildman–Crippen LogP) is 1.88. The van der Waals surface area contributed by atoms with E-state index >= 15 is 0 Å². The number of carboxylic acid groups (broad SMARTS) is 1. The van der Waals surface area contributed by atoms with Crippen molar-refractivity contribution in [2.75, 3.05) is 13.2 Å². The fourth-order valence-corrected chi connectivity index (χ4v) is 2.35. The third-order valence-electron chi connectivity index (χ3n) is 3.33. The summed E-state index contributed by atoms with van der Waals surface area (Å²) in [6.07, 6.45) is 2.48. The smallest absolute Gasteiger partial charge is 0.371 e. The van der Waals surface area contributed by atoms with Gasteiger partial charge in [0.05, 0.1) is 12.6 Å². The number of aromatic carboxylic acids is 1. The number of carboxylic acids is 1. The molecule has 0 spiro atoms. The zero-order chi connectivity index (χ0) is 13.0. The Kier molecular flexibility index (Phi) is 4.38. The number of hydrogen-bond donors (Lipinski definition) is 2. The second-order valence-corrected chi connectivity index (χ2v) is 4.57. The van der Waals surface area contributed by atoms with Crippen molar-refractivity contribution in [3.63, 3.8) is 0 Å². The molecule has 1 aliphatic rings. The summed E-state index contributed by atoms with van der Waals surface area (Å²) in [5.74, 6) is 0.155. The van der Waals surface area contributed by atoms with E-state index in [9.17, 15) is 4.79 Å². The van der Waals surface area contributed by atoms with Gasteiger partial charge in [0.1, 0.15) is 5.76 Å². The van der Waals surface area contributed by atoms with Crippen LogP contribution in [0, 0.1) is 5.92 Å². The molecule has 2 rings (SSSR count). The summed E-state index contributed by atoms with van der Waals surface area (Å²) >= 11 is 0. The highest BCUT2D eigenvalue weighted by molar-refractivity contribution is 5.84. The van der Waals surface area contributed by atoms with Gasteiger partial charge in [-0.05, 0) is 30.9 Å². The first-order valence-electron chi connectivity index (χ1n) is 6.35. The number of ether oxygens (including phenoxy) is 1. The Balaban J connectivity index is 1.76. The maximum atomic E-state index is 10.6. The quantitative estimate of drug-likeness (QED) is 0.810. The van der Waals surface area contributed by atoms with Crippen LogP contribution >= 0.6 is 0 Å². The van der Waals surface area contributed by atoms with Crippen molar-refractivity contribution in [3.05, 3.63) is 23.7 Å². The third-order valence-corrected chi connectivity index (χ3v) is 3.33. The summed E-state index contributed by atoms with van der Waals surface area (Å²) < 4.78 is 10.8. The van der Waals surface area contributed by atoms with E-state index in [2.05, 4.69) is 12.2 Å². The number of nitrogens with one attached hydrogen (secondary N) is 1. The second kappa shape index (κ2) is 6.02. The van der Waals surface area contributed by atoms with Gasteiger partial charge in [0, 0.05) is 13.2 Å². The lowest BCUT2D eigenvalue weighted by molar-refractivity contribution is 0.0660. The maximum absolute atomic E-state index is 10.6. The molecule has 2 atom stereocenters. The van der Waals surface area contributed by atoms with E-state index in [-0.39, 0.29) is 5.76 Å². The van der Waals surface area contributed by atoms with Crippen LogP contribution < -0.4 is 5.32 Å². The molecule has 0 radical (unpaired) electrons. The molecule has 0 saturated carbocycles. The van der Waals surface area contributed by atoms with Crippen LogP contribution in [0.15, 0.2) is 16.5 Å². The van der Waals surface area contributed by atoms with Crippen LogP contribution in [0.1, 0.15) is 36.1 Å². The molecule has 1 aromatic heterocycles. The SMILES string of the molecule is CCC1OCCC1CNCc1ccc(C(=O)O)o1. The van der Waals surface area contributed by atoms with Crippen molar-refractivity contribution in [2.45, 2.75) is 32.4 Å². The standard InChI is InChI=1S/C13H19NO4/c1-2-11-9(5-6-17-11)7-14-8-10-3-4-12(18-10)13(15)16/h3-4,9,11,14H,2,5-8H2,1H3,(H,15,16). The van der Waals surface area contributed by atoms with Crippen molar-refractivity contribution in [1.29, 1.82) is 0 Å². The molecular weight excluding hydrogens is 234 g/mol. The van der Waals surface area contributed by atoms with Crippen LogP contribution in [0.25, 0.3) is 0 Å². The van der Waals surface area contributed by atoms with Gasteiger partial charge in [-0.2, -0.15) is 0 Å². The monoisotopic (exact) mass is 253 g/mol. The molecule has 18 heavy (non-hydrogen) atoms. The lowest BCUT2D eigenvalue weighted by Crippen LogP contribution is -2.27. The summed E-state index contributed by atoms with van der Waals surface area (Å²) in [5.41, 5.74) is 0. The lowest BCUT2D eigenvalue weighted by atomic mass is 10.00. The van der Waals surface area contributed by atoms with Gasteiger partial charge in [0.2, 0.25) is 5.76 Å². The maximum Gasteiger partial charge on any atom is 0.371 e. The Morgan fingerprint density at radius 1 is 1.56 bits per heavy atom. The zero-order valence-corrected chi connectivity index (χ0v) is 10.5. The summed E-state index contributed by atoms with van der Waals surface area (Å²) in [6, 6.07) is 3.17. The van der Waals surface area contributed by atoms with Gasteiger partial charge in [-0.3, -0.25) is 0 Å². The number of carbonyl (C=O) groups is 1. The molecule has 0 aromatic carbocycles. The first kappa shape index (κ1) is 13.1. The minimum absolute atomic E-state index is 0.0116. The molecule has 100 valence electrons. The Bertz CT molecular complexity index is 401. The average Bonchev–Trinajstić information content (AvgIpc) is 2.97. The molecule has 2 N–H and O–H groups in total. The first-order chi connectivity index (χ1) is 8.70. The minimum atomic E-state index is -1.03. The molecule has 0 bridgehead atoms. The highest BCUT2D eigenvalue weighted by Crippen LogP contribution is 2.22. The fourth-order valence-electron chi connectivity index (χ4n) is 2.35. The Labute approximate surface area is 106 Å². The summed E-state index contributed by atoms with van der Waals surface area (Å²) in [6.45, 7) is 4.41. The largest absolute Gasteiger partial charge is 0.475 e. The normalized spacial score (nSPS) is 23.4. The predicted molar refractivity (Wildman–Crippen MR) is 65.5 cm³/mol. The molecule has 5 nitrogen and oxygen atoms in total. The second-order valence-electron chi connectivity index (χ2n) is 4.57. The van der Waals surface area contributed by atoms with Gasteiger partial charge in [0.15, 0.2) is 0 Å². The van der Waals surface area contributed by atoms with Gasteiger partial charge in [-0.1, -0.05) is 6.92 Å². The van der Waals surface area contributed by atoms with Crippen LogP contribution in [-0.2, 0) is 11.3 Å². The zero-order valence-electron chi connectivity index (χ0n) is 10.5. The molecule has 1 fully saturated rings. The van der Waals surface area contributed by atoms with Gasteiger partial charge < -0.3 is 19.6 Å². The number of rotatable bonds is 6. The van der Waals surface area contributed by atoms with Crippen LogP contribution in [0.5, 0.6) is 0 Å². The van der Waals surface area contributed by atoms with Gasteiger partial charge in [0.25, 0.3) is 0 Å². The van der Waals surface area contributed by atoms with Crippen LogP contribution in [0.4, 0.5) is 0 Å². The summed E-state index contributed by atoms with van der Waals surface area (Å²) in [7, 11) is 0. The van der Waals surface area contributed by atoms with E-state index in [1.807, 2.05) is 0 Å². The van der Waals surface area contributed by atoms with Crippen LogP contribution in [0.3, 0.4) is 0 Å². The Morgan fingerprint density at radius 2 is 2.39 bits per heavy atom. The summed E-state index contributed by atoms with van der Waals surface area (Å²) in [4.78, 5) is 10.6. The van der Waals surface area contributed by atoms with Crippen molar-refractivity contribution in [1.82, 2.24) is 5.32 Å². The molecule has 0 amide bonds. The molecule has 1 aromatic rings. The lowest BCUT2D eigenvalue weighted by Gasteiger charge is -2.16. The summed E-state index contributed by atoms with van der Waals surface area (Å²) in [5, 5.41) is 12.0. The average molecular weight is 253 g/mol. The molecule has 1 saturated heterocycles. The van der Waals surface area contributed by atoms with Crippen molar-refractivity contribution < 1.29 is 19.1 Å². The number of furan rings is 1. The Hall–Kier alpha value is -1.33. The minimum Gasteiger partial charge on any atom is -0.475 e. The van der Waals surface area contributed by atoms with E-state index in [1.54, 1.807) is 6.07 Å². The molecule has 2 heterocycles. The van der Waals surface area contributed by atoms with Gasteiger partial charge in [-0.25, -0.2) is 4.79 Å². The fraction of sp³-hybridized carbons (Fsp3) is 0.615. The highest BCUT2D eigenvalue weighted by atomic mass is 16.5. The topological polar surface area (TPSA) is 71.7 Å². The number of hydrogen-bond acceptors (Lipinski definition) is 4. The highest BCUT2D eigenvalue weighted by Gasteiger charge is 2.26. The van der Waals surface area contributed by atoms with Crippen molar-refractivity contribution in [3.8, 4) is 0 Å². The molecular formula is C13H19NO4. The van der Waals surface area contributed by atoms with Crippen molar-refractivity contribution in [2.24, 2.45) is 5.92 Å². The molecule has 0 aliphatic carbocycles. The van der Waals surface area contributed by atoms with E-state index in [4.69, 9.17) is 14.3 Å². The van der Waals surface area contributed by atoms with Crippen LogP contribution in [-0.4, -0.2) is 30.3 Å². The van der Waals surface area contributed by atoms with E-state index in [1.165, 1.54) is 6.07 Å². The van der Waals surface area contributed by atoms with E-state index in [0.717, 1.165) is 26.0 Å². The third kappa shape index (κ3) is 3.11. The van der Waals surface area contributed by atoms with Crippen LogP contribution in [0.2, 0.25) is 0 Å². The van der Waals surface area contributed by atoms with Gasteiger partial charge in [-0.15, -0.1) is 0 Å². The van der Waals surface area contributed by atoms with E-state index in [0.29, 0.717) is 24.3 Å².